The number of imidazole rings is 1. The van der Waals surface area contributed by atoms with Crippen molar-refractivity contribution in [2.75, 3.05) is 26.3 Å². The molecule has 0 saturated carbocycles. The molecular formula is C21H21N5O2. The number of nitrogens with zero attached hydrogens (tertiary/aromatic N) is 5. The second-order valence-electron chi connectivity index (χ2n) is 6.86. The molecule has 1 aliphatic rings. The summed E-state index contributed by atoms with van der Waals surface area (Å²) in [5, 5.41) is 1.13. The molecule has 7 heteroatoms. The van der Waals surface area contributed by atoms with Gasteiger partial charge in [0.05, 0.1) is 18.9 Å². The molecule has 1 saturated heterocycles. The molecule has 0 unspecified atom stereocenters. The van der Waals surface area contributed by atoms with Gasteiger partial charge in [-0.3, -0.25) is 14.3 Å². The fraction of sp³-hybridized carbons (Fsp3) is 0.286. The van der Waals surface area contributed by atoms with Crippen molar-refractivity contribution in [2.24, 2.45) is 0 Å². The average Bonchev–Trinajstić information content (AvgIpc) is 3.17. The molecule has 142 valence electrons. The van der Waals surface area contributed by atoms with Crippen molar-refractivity contribution in [3.05, 3.63) is 66.4 Å². The van der Waals surface area contributed by atoms with Crippen LogP contribution < -0.4 is 4.74 Å². The number of hydrogen-bond acceptors (Lipinski definition) is 6. The first kappa shape index (κ1) is 17.1. The highest BCUT2D eigenvalue weighted by atomic mass is 16.5. The number of ether oxygens (including phenoxy) is 2. The molecule has 7 nitrogen and oxygen atoms in total. The first-order valence-electron chi connectivity index (χ1n) is 9.45. The van der Waals surface area contributed by atoms with Crippen molar-refractivity contribution >= 4 is 16.7 Å². The van der Waals surface area contributed by atoms with E-state index >= 15 is 0 Å². The van der Waals surface area contributed by atoms with E-state index in [1.807, 2.05) is 41.2 Å². The Morgan fingerprint density at radius 2 is 1.93 bits per heavy atom. The summed E-state index contributed by atoms with van der Waals surface area (Å²) in [7, 11) is 0. The van der Waals surface area contributed by atoms with Crippen LogP contribution in [0.15, 0.2) is 55.1 Å². The molecule has 28 heavy (non-hydrogen) atoms. The van der Waals surface area contributed by atoms with Gasteiger partial charge in [-0.15, -0.1) is 0 Å². The molecular weight excluding hydrogens is 354 g/mol. The van der Waals surface area contributed by atoms with E-state index in [1.165, 1.54) is 5.56 Å². The minimum atomic E-state index is 0.373. The lowest BCUT2D eigenvalue weighted by molar-refractivity contribution is 0.0343. The van der Waals surface area contributed by atoms with Crippen LogP contribution in [0.25, 0.3) is 16.7 Å². The third kappa shape index (κ3) is 3.42. The van der Waals surface area contributed by atoms with Gasteiger partial charge in [-0.1, -0.05) is 12.1 Å². The normalized spacial score (nSPS) is 15.3. The molecule has 1 aliphatic heterocycles. The first-order chi connectivity index (χ1) is 13.9. The minimum Gasteiger partial charge on any atom is -0.485 e. The van der Waals surface area contributed by atoms with Crippen LogP contribution in [0.3, 0.4) is 0 Å². The molecule has 4 aromatic rings. The topological polar surface area (TPSA) is 64.8 Å². The number of benzene rings is 1. The van der Waals surface area contributed by atoms with Gasteiger partial charge in [0.15, 0.2) is 0 Å². The van der Waals surface area contributed by atoms with Gasteiger partial charge in [0, 0.05) is 49.8 Å². The van der Waals surface area contributed by atoms with Crippen LogP contribution in [-0.2, 0) is 17.9 Å². The Morgan fingerprint density at radius 1 is 1.04 bits per heavy atom. The van der Waals surface area contributed by atoms with Crippen LogP contribution in [0, 0.1) is 0 Å². The Morgan fingerprint density at radius 3 is 2.82 bits per heavy atom. The van der Waals surface area contributed by atoms with E-state index in [-0.39, 0.29) is 0 Å². The summed E-state index contributed by atoms with van der Waals surface area (Å²) in [6.07, 6.45) is 7.40. The standard InChI is InChI=1S/C21H21N5O2/c1-3-18-16(13-25-9-11-27-12-10-25)4-5-19(20(18)22-6-1)28-15-17-14-26-8-2-7-23-21(26)24-17/h1-8,14H,9-13,15H2. The van der Waals surface area contributed by atoms with Crippen LogP contribution in [0.4, 0.5) is 0 Å². The van der Waals surface area contributed by atoms with Crippen molar-refractivity contribution in [2.45, 2.75) is 13.2 Å². The number of fused-ring (bicyclic) bond motifs is 2. The van der Waals surface area contributed by atoms with Crippen molar-refractivity contribution in [3.63, 3.8) is 0 Å². The largest absolute Gasteiger partial charge is 0.485 e. The Hall–Kier alpha value is -3.03. The van der Waals surface area contributed by atoms with Crippen LogP contribution in [0.5, 0.6) is 5.75 Å². The summed E-state index contributed by atoms with van der Waals surface area (Å²) in [5.74, 6) is 1.44. The monoisotopic (exact) mass is 375 g/mol. The van der Waals surface area contributed by atoms with Crippen LogP contribution in [0.1, 0.15) is 11.3 Å². The molecule has 3 aromatic heterocycles. The molecule has 0 aliphatic carbocycles. The molecule has 0 spiro atoms. The third-order valence-corrected chi connectivity index (χ3v) is 4.98. The Bertz CT molecular complexity index is 1070. The van der Waals surface area contributed by atoms with Crippen LogP contribution in [0.2, 0.25) is 0 Å². The highest BCUT2D eigenvalue weighted by molar-refractivity contribution is 5.87. The fourth-order valence-corrected chi connectivity index (χ4v) is 3.56. The predicted molar refractivity (Wildman–Crippen MR) is 105 cm³/mol. The van der Waals surface area contributed by atoms with Crippen molar-refractivity contribution in [3.8, 4) is 5.75 Å². The number of rotatable bonds is 5. The molecule has 0 N–H and O–H groups in total. The molecule has 0 bridgehead atoms. The summed E-state index contributed by atoms with van der Waals surface area (Å²) < 4.78 is 13.4. The maximum absolute atomic E-state index is 6.08. The number of aromatic nitrogens is 4. The van der Waals surface area contributed by atoms with Crippen molar-refractivity contribution in [1.82, 2.24) is 24.3 Å². The summed E-state index contributed by atoms with van der Waals surface area (Å²) in [6.45, 7) is 4.78. The first-order valence-corrected chi connectivity index (χ1v) is 9.45. The van der Waals surface area contributed by atoms with Crippen LogP contribution >= 0.6 is 0 Å². The molecule has 0 radical (unpaired) electrons. The smallest absolute Gasteiger partial charge is 0.234 e. The Balaban J connectivity index is 1.39. The van der Waals surface area contributed by atoms with E-state index in [4.69, 9.17) is 9.47 Å². The number of hydrogen-bond donors (Lipinski definition) is 0. The van der Waals surface area contributed by atoms with E-state index in [9.17, 15) is 0 Å². The van der Waals surface area contributed by atoms with Gasteiger partial charge in [0.2, 0.25) is 5.78 Å². The third-order valence-electron chi connectivity index (χ3n) is 4.98. The van der Waals surface area contributed by atoms with E-state index in [0.29, 0.717) is 12.4 Å². The summed E-state index contributed by atoms with van der Waals surface area (Å²) in [4.78, 5) is 15.7. The SMILES string of the molecule is c1cnc2c(OCc3cn4cccnc4n3)ccc(CN3CCOCC3)c2c1. The predicted octanol–water partition coefficient (Wildman–Crippen LogP) is 2.69. The van der Waals surface area contributed by atoms with Gasteiger partial charge in [-0.2, -0.15) is 0 Å². The van der Waals surface area contributed by atoms with Gasteiger partial charge < -0.3 is 9.47 Å². The highest BCUT2D eigenvalue weighted by Gasteiger charge is 2.14. The Labute approximate surface area is 162 Å². The second-order valence-corrected chi connectivity index (χ2v) is 6.86. The molecule has 4 heterocycles. The lowest BCUT2D eigenvalue weighted by atomic mass is 10.1. The van der Waals surface area contributed by atoms with Crippen LogP contribution in [-0.4, -0.2) is 50.6 Å². The van der Waals surface area contributed by atoms with Gasteiger partial charge in [-0.25, -0.2) is 9.97 Å². The quantitative estimate of drug-likeness (QED) is 0.534. The number of morpholine rings is 1. The minimum absolute atomic E-state index is 0.373. The lowest BCUT2D eigenvalue weighted by Crippen LogP contribution is -2.35. The summed E-state index contributed by atoms with van der Waals surface area (Å²) in [6, 6.07) is 10.1. The van der Waals surface area contributed by atoms with Gasteiger partial charge in [0.1, 0.15) is 17.9 Å². The maximum atomic E-state index is 6.08. The summed E-state index contributed by atoms with van der Waals surface area (Å²) in [5.41, 5.74) is 2.98. The average molecular weight is 375 g/mol. The molecule has 1 fully saturated rings. The highest BCUT2D eigenvalue weighted by Crippen LogP contribution is 2.28. The zero-order chi connectivity index (χ0) is 18.8. The van der Waals surface area contributed by atoms with Crippen molar-refractivity contribution in [1.29, 1.82) is 0 Å². The van der Waals surface area contributed by atoms with E-state index in [0.717, 1.165) is 55.2 Å². The van der Waals surface area contributed by atoms with Crippen molar-refractivity contribution < 1.29 is 9.47 Å². The zero-order valence-corrected chi connectivity index (χ0v) is 15.5. The molecule has 5 rings (SSSR count). The van der Waals surface area contributed by atoms with Gasteiger partial charge in [-0.05, 0) is 23.8 Å². The molecule has 1 aromatic carbocycles. The van der Waals surface area contributed by atoms with E-state index in [1.54, 1.807) is 6.20 Å². The van der Waals surface area contributed by atoms with E-state index in [2.05, 4.69) is 32.0 Å². The molecule has 0 atom stereocenters. The van der Waals surface area contributed by atoms with Gasteiger partial charge in [0.25, 0.3) is 0 Å². The number of pyridine rings is 1. The van der Waals surface area contributed by atoms with Gasteiger partial charge >= 0.3 is 0 Å². The van der Waals surface area contributed by atoms with E-state index < -0.39 is 0 Å². The lowest BCUT2D eigenvalue weighted by Gasteiger charge is -2.27. The summed E-state index contributed by atoms with van der Waals surface area (Å²) >= 11 is 0. The Kier molecular flexibility index (Phi) is 4.60. The fourth-order valence-electron chi connectivity index (χ4n) is 3.56. The molecule has 0 amide bonds. The zero-order valence-electron chi connectivity index (χ0n) is 15.5. The second kappa shape index (κ2) is 7.53. The maximum Gasteiger partial charge on any atom is 0.234 e.